The number of fused-ring (bicyclic) bond motifs is 1. The lowest BCUT2D eigenvalue weighted by molar-refractivity contribution is -0.145. The molecule has 0 radical (unpaired) electrons. The molecule has 1 aliphatic heterocycles. The van der Waals surface area contributed by atoms with Crippen molar-refractivity contribution in [2.75, 3.05) is 18.1 Å². The number of carbonyl (C=O) groups excluding carboxylic acids is 2. The van der Waals surface area contributed by atoms with Gasteiger partial charge in [0.2, 0.25) is 5.84 Å². The van der Waals surface area contributed by atoms with Gasteiger partial charge in [0, 0.05) is 11.3 Å². The monoisotopic (exact) mass is 408 g/mol. The maximum Gasteiger partial charge on any atom is 0.374 e. The molecule has 0 N–H and O–H groups in total. The number of aliphatic imine (C=N–C) groups is 1. The molecule has 1 heterocycles. The molecule has 2 aromatic rings. The Bertz CT molecular complexity index is 950. The lowest BCUT2D eigenvalue weighted by atomic mass is 9.97. The zero-order valence-electron chi connectivity index (χ0n) is 18.0. The Morgan fingerprint density at radius 2 is 1.57 bits per heavy atom. The summed E-state index contributed by atoms with van der Waals surface area (Å²) in [5.74, 6) is -0.890. The van der Waals surface area contributed by atoms with Gasteiger partial charge >= 0.3 is 11.9 Å². The molecule has 0 amide bonds. The van der Waals surface area contributed by atoms with Gasteiger partial charge in [-0.25, -0.2) is 14.6 Å². The van der Waals surface area contributed by atoms with Crippen LogP contribution >= 0.6 is 0 Å². The van der Waals surface area contributed by atoms with Crippen molar-refractivity contribution in [3.05, 3.63) is 59.2 Å². The first-order chi connectivity index (χ1) is 14.5. The van der Waals surface area contributed by atoms with Crippen LogP contribution < -0.4 is 4.90 Å². The number of rotatable bonds is 7. The van der Waals surface area contributed by atoms with Crippen molar-refractivity contribution in [3.63, 3.8) is 0 Å². The first kappa shape index (κ1) is 21.6. The Balaban J connectivity index is 2.17. The number of benzene rings is 2. The van der Waals surface area contributed by atoms with Crippen LogP contribution in [0.25, 0.3) is 0 Å². The fraction of sp³-hybridized carbons (Fsp3) is 0.375. The number of nitrogens with zero attached hydrogens (tertiary/aromatic N) is 2. The maximum atomic E-state index is 13.2. The molecular weight excluding hydrogens is 380 g/mol. The second-order valence-electron chi connectivity index (χ2n) is 7.41. The fourth-order valence-electron chi connectivity index (χ4n) is 3.32. The third-order valence-electron chi connectivity index (χ3n) is 4.79. The van der Waals surface area contributed by atoms with Crippen molar-refractivity contribution in [1.82, 2.24) is 0 Å². The molecule has 3 rings (SSSR count). The van der Waals surface area contributed by atoms with Crippen LogP contribution in [-0.4, -0.2) is 31.0 Å². The van der Waals surface area contributed by atoms with E-state index >= 15 is 0 Å². The van der Waals surface area contributed by atoms with Crippen molar-refractivity contribution in [2.24, 2.45) is 4.99 Å². The van der Waals surface area contributed by atoms with Crippen molar-refractivity contribution in [3.8, 4) is 0 Å². The maximum absolute atomic E-state index is 13.2. The lowest BCUT2D eigenvalue weighted by Crippen LogP contribution is -2.46. The number of hydrogen-bond acceptors (Lipinski definition) is 6. The molecule has 6 heteroatoms. The van der Waals surface area contributed by atoms with E-state index in [1.165, 1.54) is 0 Å². The summed E-state index contributed by atoms with van der Waals surface area (Å²) < 4.78 is 10.9. The van der Waals surface area contributed by atoms with Gasteiger partial charge in [-0.3, -0.25) is 0 Å². The zero-order chi connectivity index (χ0) is 21.7. The minimum Gasteiger partial charge on any atom is -0.464 e. The summed E-state index contributed by atoms with van der Waals surface area (Å²) in [6.45, 7) is 8.40. The molecular formula is C24H28N2O4. The third kappa shape index (κ3) is 4.53. The first-order valence-electron chi connectivity index (χ1n) is 10.3. The van der Waals surface area contributed by atoms with E-state index < -0.39 is 18.0 Å². The van der Waals surface area contributed by atoms with E-state index in [0.717, 1.165) is 11.1 Å². The van der Waals surface area contributed by atoms with Gasteiger partial charge in [-0.1, -0.05) is 49.2 Å². The molecule has 30 heavy (non-hydrogen) atoms. The number of aryl methyl sites for hydroxylation is 2. The molecule has 0 spiro atoms. The molecule has 0 bridgehead atoms. The van der Waals surface area contributed by atoms with Gasteiger partial charge in [0.1, 0.15) is 0 Å². The third-order valence-corrected chi connectivity index (χ3v) is 4.79. The average Bonchev–Trinajstić information content (AvgIpc) is 2.75. The van der Waals surface area contributed by atoms with Crippen LogP contribution in [0.15, 0.2) is 47.5 Å². The summed E-state index contributed by atoms with van der Waals surface area (Å²) in [5.41, 5.74) is 4.04. The van der Waals surface area contributed by atoms with Crippen molar-refractivity contribution >= 4 is 29.1 Å². The second kappa shape index (κ2) is 9.57. The predicted molar refractivity (Wildman–Crippen MR) is 117 cm³/mol. The summed E-state index contributed by atoms with van der Waals surface area (Å²) in [5, 5.41) is 0. The quantitative estimate of drug-likeness (QED) is 0.616. The minimum absolute atomic E-state index is 0.0853. The lowest BCUT2D eigenvalue weighted by Gasteiger charge is -2.36. The predicted octanol–water partition coefficient (Wildman–Crippen LogP) is 4.80. The SMILES string of the molecule is CCCOC(=O)C1=Nc2ccc(C)cc2C(C(=O)OCCC)N1c1ccc(C)cc1. The molecule has 158 valence electrons. The Kier molecular flexibility index (Phi) is 6.87. The van der Waals surface area contributed by atoms with Crippen LogP contribution in [0.5, 0.6) is 0 Å². The normalized spacial score (nSPS) is 15.3. The van der Waals surface area contributed by atoms with Gasteiger partial charge in [0.15, 0.2) is 6.04 Å². The number of anilines is 1. The van der Waals surface area contributed by atoms with E-state index in [9.17, 15) is 9.59 Å². The first-order valence-corrected chi connectivity index (χ1v) is 10.3. The van der Waals surface area contributed by atoms with E-state index in [1.807, 2.05) is 70.2 Å². The molecule has 1 atom stereocenters. The molecule has 0 aliphatic carbocycles. The van der Waals surface area contributed by atoms with Gasteiger partial charge in [-0.05, 0) is 44.9 Å². The van der Waals surface area contributed by atoms with Crippen molar-refractivity contribution in [1.29, 1.82) is 0 Å². The smallest absolute Gasteiger partial charge is 0.374 e. The van der Waals surface area contributed by atoms with Crippen LogP contribution in [0, 0.1) is 13.8 Å². The fourth-order valence-corrected chi connectivity index (χ4v) is 3.32. The molecule has 0 saturated carbocycles. The number of ether oxygens (including phenoxy) is 2. The average molecular weight is 408 g/mol. The van der Waals surface area contributed by atoms with Crippen LogP contribution in [-0.2, 0) is 19.1 Å². The van der Waals surface area contributed by atoms with Crippen molar-refractivity contribution in [2.45, 2.75) is 46.6 Å². The number of amidine groups is 1. The minimum atomic E-state index is -0.823. The topological polar surface area (TPSA) is 68.2 Å². The van der Waals surface area contributed by atoms with Gasteiger partial charge in [-0.15, -0.1) is 0 Å². The molecule has 1 unspecified atom stereocenters. The van der Waals surface area contributed by atoms with Crippen LogP contribution in [0.2, 0.25) is 0 Å². The number of esters is 2. The summed E-state index contributed by atoms with van der Waals surface area (Å²) in [7, 11) is 0. The Morgan fingerprint density at radius 3 is 2.23 bits per heavy atom. The van der Waals surface area contributed by atoms with E-state index in [-0.39, 0.29) is 12.4 Å². The molecule has 6 nitrogen and oxygen atoms in total. The van der Waals surface area contributed by atoms with E-state index in [4.69, 9.17) is 9.47 Å². The largest absolute Gasteiger partial charge is 0.464 e. The summed E-state index contributed by atoms with van der Waals surface area (Å²) in [6, 6.07) is 12.5. The van der Waals surface area contributed by atoms with E-state index in [2.05, 4.69) is 4.99 Å². The summed E-state index contributed by atoms with van der Waals surface area (Å²) >= 11 is 0. The zero-order valence-corrected chi connectivity index (χ0v) is 18.0. The van der Waals surface area contributed by atoms with Crippen molar-refractivity contribution < 1.29 is 19.1 Å². The second-order valence-corrected chi connectivity index (χ2v) is 7.41. The van der Waals surface area contributed by atoms with Gasteiger partial charge in [-0.2, -0.15) is 0 Å². The van der Waals surface area contributed by atoms with E-state index in [0.29, 0.717) is 36.4 Å². The molecule has 0 saturated heterocycles. The molecule has 0 aromatic heterocycles. The van der Waals surface area contributed by atoms with Gasteiger partial charge < -0.3 is 14.4 Å². The highest BCUT2D eigenvalue weighted by Gasteiger charge is 2.40. The Hall–Kier alpha value is -3.15. The highest BCUT2D eigenvalue weighted by Crippen LogP contribution is 2.39. The Labute approximate surface area is 177 Å². The molecule has 0 fully saturated rings. The summed E-state index contributed by atoms with van der Waals surface area (Å²) in [4.78, 5) is 32.3. The number of carbonyl (C=O) groups is 2. The van der Waals surface area contributed by atoms with Crippen LogP contribution in [0.3, 0.4) is 0 Å². The molecule has 2 aromatic carbocycles. The number of hydrogen-bond donors (Lipinski definition) is 0. The summed E-state index contributed by atoms with van der Waals surface area (Å²) in [6.07, 6.45) is 1.41. The van der Waals surface area contributed by atoms with Crippen LogP contribution in [0.1, 0.15) is 49.4 Å². The molecule has 1 aliphatic rings. The van der Waals surface area contributed by atoms with Crippen LogP contribution in [0.4, 0.5) is 11.4 Å². The van der Waals surface area contributed by atoms with Gasteiger partial charge in [0.05, 0.1) is 18.9 Å². The van der Waals surface area contributed by atoms with Gasteiger partial charge in [0.25, 0.3) is 0 Å². The Morgan fingerprint density at radius 1 is 0.933 bits per heavy atom. The van der Waals surface area contributed by atoms with E-state index in [1.54, 1.807) is 4.90 Å². The standard InChI is InChI=1S/C24H28N2O4/c1-5-13-29-23(27)21-19-15-17(4)9-12-20(19)25-22(24(28)30-14-6-2)26(21)18-10-7-16(3)8-11-18/h7-12,15,21H,5-6,13-14H2,1-4H3. The highest BCUT2D eigenvalue weighted by atomic mass is 16.5. The highest BCUT2D eigenvalue weighted by molar-refractivity contribution is 6.42.